The maximum atomic E-state index is 12.0. The molecular weight excluding hydrogens is 280 g/mol. The number of hydrogen-bond donors (Lipinski definition) is 1. The van der Waals surface area contributed by atoms with Crippen LogP contribution >= 0.6 is 0 Å². The van der Waals surface area contributed by atoms with E-state index in [-0.39, 0.29) is 29.7 Å². The van der Waals surface area contributed by atoms with Crippen molar-refractivity contribution in [2.24, 2.45) is 11.8 Å². The lowest BCUT2D eigenvalue weighted by molar-refractivity contribution is -0.141. The minimum atomic E-state index is -0.527. The zero-order valence-corrected chi connectivity index (χ0v) is 12.4. The number of carbonyl (C=O) groups is 2. The van der Waals surface area contributed by atoms with Crippen molar-refractivity contribution in [3.63, 3.8) is 0 Å². The third-order valence-electron chi connectivity index (χ3n) is 4.58. The second-order valence-corrected chi connectivity index (χ2v) is 6.09. The Morgan fingerprint density at radius 2 is 2.09 bits per heavy atom. The summed E-state index contributed by atoms with van der Waals surface area (Å²) in [5, 5.41) is 10.0. The predicted octanol–water partition coefficient (Wildman–Crippen LogP) is 2.06. The number of fused-ring (bicyclic) bond motifs is 1. The second-order valence-electron chi connectivity index (χ2n) is 6.09. The molecule has 0 bridgehead atoms. The molecule has 4 atom stereocenters. The standard InChI is InChI=1S/C18H20O4/c19-13(7-6-12-4-2-1-3-5-12)8-9-14-15-10-18(21)22-17(15)11-16(14)20/h1-5,8-9,14-17,20H,6-7,10-11H2. The Hall–Kier alpha value is -1.94. The van der Waals surface area contributed by atoms with Crippen LogP contribution in [0.4, 0.5) is 0 Å². The Labute approximate surface area is 129 Å². The van der Waals surface area contributed by atoms with Gasteiger partial charge in [-0.25, -0.2) is 0 Å². The van der Waals surface area contributed by atoms with Crippen molar-refractivity contribution in [3.05, 3.63) is 48.0 Å². The molecule has 1 aliphatic carbocycles. The summed E-state index contributed by atoms with van der Waals surface area (Å²) in [6, 6.07) is 9.88. The fourth-order valence-electron chi connectivity index (χ4n) is 3.40. The molecule has 116 valence electrons. The van der Waals surface area contributed by atoms with E-state index in [0.29, 0.717) is 25.7 Å². The van der Waals surface area contributed by atoms with E-state index in [1.165, 1.54) is 0 Å². The zero-order valence-electron chi connectivity index (χ0n) is 12.4. The van der Waals surface area contributed by atoms with Gasteiger partial charge in [-0.2, -0.15) is 0 Å². The van der Waals surface area contributed by atoms with Crippen molar-refractivity contribution < 1.29 is 19.4 Å². The lowest BCUT2D eigenvalue weighted by Gasteiger charge is -2.14. The van der Waals surface area contributed by atoms with Gasteiger partial charge in [0.2, 0.25) is 0 Å². The van der Waals surface area contributed by atoms with Crippen LogP contribution < -0.4 is 0 Å². The molecule has 0 aromatic heterocycles. The van der Waals surface area contributed by atoms with E-state index in [9.17, 15) is 14.7 Å². The van der Waals surface area contributed by atoms with Crippen molar-refractivity contribution in [1.29, 1.82) is 0 Å². The molecule has 0 amide bonds. The molecule has 4 heteroatoms. The summed E-state index contributed by atoms with van der Waals surface area (Å²) in [6.07, 6.45) is 4.60. The van der Waals surface area contributed by atoms with Crippen molar-refractivity contribution in [2.75, 3.05) is 0 Å². The van der Waals surface area contributed by atoms with Gasteiger partial charge in [0.05, 0.1) is 12.5 Å². The van der Waals surface area contributed by atoms with Gasteiger partial charge in [-0.1, -0.05) is 36.4 Å². The number of esters is 1. The van der Waals surface area contributed by atoms with Crippen LogP contribution in [0.25, 0.3) is 0 Å². The van der Waals surface area contributed by atoms with Crippen LogP contribution in [0.1, 0.15) is 24.8 Å². The number of rotatable bonds is 5. The van der Waals surface area contributed by atoms with Crippen LogP contribution in [0.15, 0.2) is 42.5 Å². The summed E-state index contributed by atoms with van der Waals surface area (Å²) in [4.78, 5) is 23.3. The monoisotopic (exact) mass is 300 g/mol. The summed E-state index contributed by atoms with van der Waals surface area (Å²) in [5.41, 5.74) is 1.14. The smallest absolute Gasteiger partial charge is 0.306 e. The first-order valence-electron chi connectivity index (χ1n) is 7.76. The Kier molecular flexibility index (Phi) is 4.39. The number of ether oxygens (including phenoxy) is 1. The quantitative estimate of drug-likeness (QED) is 0.668. The molecule has 0 spiro atoms. The molecule has 2 aliphatic rings. The SMILES string of the molecule is O=C(C=CC1C(O)CC2OC(=O)CC21)CCc1ccccc1. The number of allylic oxidation sites excluding steroid dienone is 1. The summed E-state index contributed by atoms with van der Waals surface area (Å²) in [6.45, 7) is 0. The van der Waals surface area contributed by atoms with Crippen LogP contribution in [0.2, 0.25) is 0 Å². The van der Waals surface area contributed by atoms with Gasteiger partial charge in [0.25, 0.3) is 0 Å². The minimum Gasteiger partial charge on any atom is -0.462 e. The topological polar surface area (TPSA) is 63.6 Å². The summed E-state index contributed by atoms with van der Waals surface area (Å²) >= 11 is 0. The molecule has 1 aromatic carbocycles. The molecule has 4 unspecified atom stereocenters. The van der Waals surface area contributed by atoms with Gasteiger partial charge in [0, 0.05) is 24.7 Å². The normalized spacial score (nSPS) is 30.5. The fraction of sp³-hybridized carbons (Fsp3) is 0.444. The molecule has 0 radical (unpaired) electrons. The zero-order chi connectivity index (χ0) is 15.5. The molecule has 3 rings (SSSR count). The van der Waals surface area contributed by atoms with Crippen LogP contribution in [0, 0.1) is 11.8 Å². The predicted molar refractivity (Wildman–Crippen MR) is 81.0 cm³/mol. The fourth-order valence-corrected chi connectivity index (χ4v) is 3.40. The molecule has 2 fully saturated rings. The Morgan fingerprint density at radius 1 is 1.32 bits per heavy atom. The molecule has 1 aromatic rings. The average molecular weight is 300 g/mol. The van der Waals surface area contributed by atoms with E-state index >= 15 is 0 Å². The van der Waals surface area contributed by atoms with E-state index in [2.05, 4.69) is 0 Å². The number of aliphatic hydroxyl groups excluding tert-OH is 1. The molecule has 1 saturated carbocycles. The Balaban J connectivity index is 1.54. The highest BCUT2D eigenvalue weighted by Crippen LogP contribution is 2.41. The number of benzene rings is 1. The van der Waals surface area contributed by atoms with E-state index in [4.69, 9.17) is 4.74 Å². The number of ketones is 1. The molecular formula is C18H20O4. The van der Waals surface area contributed by atoms with Gasteiger partial charge in [0.1, 0.15) is 6.10 Å². The van der Waals surface area contributed by atoms with Crippen molar-refractivity contribution in [1.82, 2.24) is 0 Å². The van der Waals surface area contributed by atoms with Crippen LogP contribution in [0.5, 0.6) is 0 Å². The van der Waals surface area contributed by atoms with Crippen molar-refractivity contribution >= 4 is 11.8 Å². The molecule has 1 heterocycles. The maximum Gasteiger partial charge on any atom is 0.306 e. The maximum absolute atomic E-state index is 12.0. The third kappa shape index (κ3) is 3.28. The highest BCUT2D eigenvalue weighted by Gasteiger charge is 2.48. The second kappa shape index (κ2) is 6.44. The highest BCUT2D eigenvalue weighted by molar-refractivity contribution is 5.89. The first-order chi connectivity index (χ1) is 10.6. The highest BCUT2D eigenvalue weighted by atomic mass is 16.6. The summed E-state index contributed by atoms with van der Waals surface area (Å²) in [7, 11) is 0. The van der Waals surface area contributed by atoms with Gasteiger partial charge in [0.15, 0.2) is 5.78 Å². The number of aryl methyl sites for hydroxylation is 1. The van der Waals surface area contributed by atoms with Crippen molar-refractivity contribution in [3.8, 4) is 0 Å². The largest absolute Gasteiger partial charge is 0.462 e. The van der Waals surface area contributed by atoms with Gasteiger partial charge in [-0.15, -0.1) is 0 Å². The average Bonchev–Trinajstić information content (AvgIpc) is 2.99. The summed E-state index contributed by atoms with van der Waals surface area (Å²) in [5.74, 6) is -0.293. The minimum absolute atomic E-state index is 0.0145. The van der Waals surface area contributed by atoms with Crippen LogP contribution in [0.3, 0.4) is 0 Å². The Morgan fingerprint density at radius 3 is 2.86 bits per heavy atom. The van der Waals surface area contributed by atoms with Crippen LogP contribution in [-0.2, 0) is 20.7 Å². The molecule has 4 nitrogen and oxygen atoms in total. The molecule has 1 N–H and O–H groups in total. The van der Waals surface area contributed by atoms with Crippen LogP contribution in [-0.4, -0.2) is 29.1 Å². The van der Waals surface area contributed by atoms with Gasteiger partial charge < -0.3 is 9.84 Å². The number of hydrogen-bond acceptors (Lipinski definition) is 4. The van der Waals surface area contributed by atoms with E-state index in [1.54, 1.807) is 12.2 Å². The van der Waals surface area contributed by atoms with E-state index in [1.807, 2.05) is 30.3 Å². The van der Waals surface area contributed by atoms with Gasteiger partial charge >= 0.3 is 5.97 Å². The number of aliphatic hydroxyl groups is 1. The van der Waals surface area contributed by atoms with Gasteiger partial charge in [-0.05, 0) is 18.1 Å². The van der Waals surface area contributed by atoms with Gasteiger partial charge in [-0.3, -0.25) is 9.59 Å². The molecule has 22 heavy (non-hydrogen) atoms. The lowest BCUT2D eigenvalue weighted by Crippen LogP contribution is -2.18. The van der Waals surface area contributed by atoms with E-state index in [0.717, 1.165) is 5.56 Å². The van der Waals surface area contributed by atoms with Crippen molar-refractivity contribution in [2.45, 2.75) is 37.9 Å². The van der Waals surface area contributed by atoms with E-state index < -0.39 is 6.10 Å². The number of carbonyl (C=O) groups excluding carboxylic acids is 2. The molecule has 1 aliphatic heterocycles. The molecule has 1 saturated heterocycles. The Bertz CT molecular complexity index is 578. The lowest BCUT2D eigenvalue weighted by atomic mass is 9.91. The third-order valence-corrected chi connectivity index (χ3v) is 4.58. The first-order valence-corrected chi connectivity index (χ1v) is 7.76. The first kappa shape index (κ1) is 15.0. The summed E-state index contributed by atoms with van der Waals surface area (Å²) < 4.78 is 5.18.